The minimum atomic E-state index is -0.305. The second kappa shape index (κ2) is 11.1. The van der Waals surface area contributed by atoms with Crippen molar-refractivity contribution in [2.45, 2.75) is 19.3 Å². The van der Waals surface area contributed by atoms with E-state index in [4.69, 9.17) is 9.97 Å². The van der Waals surface area contributed by atoms with Gasteiger partial charge < -0.3 is 0 Å². The first kappa shape index (κ1) is 31.3. The van der Waals surface area contributed by atoms with E-state index in [-0.39, 0.29) is 5.41 Å². The van der Waals surface area contributed by atoms with Crippen molar-refractivity contribution in [2.24, 2.45) is 0 Å². The zero-order chi connectivity index (χ0) is 37.6. The summed E-state index contributed by atoms with van der Waals surface area (Å²) in [6.45, 7) is 4.68. The van der Waals surface area contributed by atoms with Crippen LogP contribution in [0.2, 0.25) is 0 Å². The first-order valence-corrected chi connectivity index (χ1v) is 20.5. The number of thiophene rings is 1. The quantitative estimate of drug-likeness (QED) is 0.165. The summed E-state index contributed by atoms with van der Waals surface area (Å²) in [6, 6.07) is 60.2. The van der Waals surface area contributed by atoms with Crippen LogP contribution in [-0.2, 0) is 5.41 Å². The smallest absolute Gasteiger partial charge is 0.235 e. The Kier molecular flexibility index (Phi) is 6.12. The van der Waals surface area contributed by atoms with Gasteiger partial charge in [0.1, 0.15) is 0 Å². The molecular formula is C53H33N3S. The highest BCUT2D eigenvalue weighted by molar-refractivity contribution is 7.25. The van der Waals surface area contributed by atoms with E-state index in [0.717, 1.165) is 28.0 Å². The summed E-state index contributed by atoms with van der Waals surface area (Å²) in [6.07, 6.45) is 0. The lowest BCUT2D eigenvalue weighted by Gasteiger charge is -2.24. The summed E-state index contributed by atoms with van der Waals surface area (Å²) in [5.41, 5.74) is 8.71. The molecule has 0 spiro atoms. The lowest BCUT2D eigenvalue weighted by Crippen LogP contribution is -2.18. The van der Waals surface area contributed by atoms with Crippen LogP contribution < -0.4 is 0 Å². The fraction of sp³-hybridized carbons (Fsp3) is 0.0566. The van der Waals surface area contributed by atoms with Gasteiger partial charge in [0.05, 0.1) is 22.4 Å². The Hall–Kier alpha value is -6.88. The Balaban J connectivity index is 1.24. The van der Waals surface area contributed by atoms with E-state index in [1.165, 1.54) is 90.7 Å². The molecule has 9 aromatic carbocycles. The van der Waals surface area contributed by atoms with Crippen molar-refractivity contribution in [1.29, 1.82) is 0 Å². The molecule has 3 heterocycles. The number of rotatable bonds is 2. The largest absolute Gasteiger partial charge is 0.278 e. The van der Waals surface area contributed by atoms with Crippen molar-refractivity contribution in [1.82, 2.24) is 14.5 Å². The monoisotopic (exact) mass is 743 g/mol. The second-order valence-corrected chi connectivity index (χ2v) is 17.2. The SMILES string of the molecule is CC1(C)c2ccccc2-c2nc(-n3c4cc5ccccc5cc4c4c5c6ccccc6c6ccccc6c5ccc43)nc(-c3cccc4sc5ccccc5c34)c21. The average Bonchev–Trinajstić information content (AvgIpc) is 3.87. The molecule has 0 aliphatic heterocycles. The van der Waals surface area contributed by atoms with E-state index in [9.17, 15) is 0 Å². The summed E-state index contributed by atoms with van der Waals surface area (Å²) in [7, 11) is 0. The first-order chi connectivity index (χ1) is 28.0. The molecule has 12 aromatic rings. The predicted molar refractivity (Wildman–Crippen MR) is 242 cm³/mol. The molecular weight excluding hydrogens is 711 g/mol. The third-order valence-electron chi connectivity index (χ3n) is 12.7. The van der Waals surface area contributed by atoms with Crippen molar-refractivity contribution in [2.75, 3.05) is 0 Å². The van der Waals surface area contributed by atoms with Crippen molar-refractivity contribution in [3.63, 3.8) is 0 Å². The molecule has 0 N–H and O–H groups in total. The van der Waals surface area contributed by atoms with E-state index in [1.807, 2.05) is 11.3 Å². The maximum Gasteiger partial charge on any atom is 0.235 e. The molecule has 0 amide bonds. The van der Waals surface area contributed by atoms with Crippen molar-refractivity contribution in [3.8, 4) is 28.5 Å². The topological polar surface area (TPSA) is 30.7 Å². The van der Waals surface area contributed by atoms with Crippen LogP contribution in [0.25, 0.3) is 114 Å². The van der Waals surface area contributed by atoms with Gasteiger partial charge in [-0.2, -0.15) is 0 Å². The Morgan fingerprint density at radius 2 is 1.02 bits per heavy atom. The normalized spacial score (nSPS) is 13.6. The average molecular weight is 744 g/mol. The molecule has 4 heteroatoms. The number of hydrogen-bond donors (Lipinski definition) is 0. The molecule has 57 heavy (non-hydrogen) atoms. The van der Waals surface area contributed by atoms with E-state index < -0.39 is 0 Å². The first-order valence-electron chi connectivity index (χ1n) is 19.7. The highest BCUT2D eigenvalue weighted by atomic mass is 32.1. The van der Waals surface area contributed by atoms with Gasteiger partial charge in [0.2, 0.25) is 5.95 Å². The lowest BCUT2D eigenvalue weighted by atomic mass is 9.80. The van der Waals surface area contributed by atoms with Crippen LogP contribution in [0.15, 0.2) is 164 Å². The highest BCUT2D eigenvalue weighted by Crippen LogP contribution is 2.53. The molecule has 0 saturated heterocycles. The highest BCUT2D eigenvalue weighted by Gasteiger charge is 2.40. The van der Waals surface area contributed by atoms with E-state index in [0.29, 0.717) is 5.95 Å². The molecule has 3 nitrogen and oxygen atoms in total. The Morgan fingerprint density at radius 1 is 0.439 bits per heavy atom. The lowest BCUT2D eigenvalue weighted by molar-refractivity contribution is 0.657. The van der Waals surface area contributed by atoms with Crippen molar-refractivity contribution in [3.05, 3.63) is 175 Å². The molecule has 1 aliphatic carbocycles. The van der Waals surface area contributed by atoms with Gasteiger partial charge in [-0.15, -0.1) is 11.3 Å². The molecule has 0 radical (unpaired) electrons. The van der Waals surface area contributed by atoms with Gasteiger partial charge >= 0.3 is 0 Å². The molecule has 13 rings (SSSR count). The van der Waals surface area contributed by atoms with Crippen LogP contribution in [0.1, 0.15) is 25.0 Å². The molecule has 266 valence electrons. The maximum absolute atomic E-state index is 5.80. The van der Waals surface area contributed by atoms with Gasteiger partial charge in [-0.3, -0.25) is 4.57 Å². The van der Waals surface area contributed by atoms with Gasteiger partial charge in [-0.05, 0) is 73.6 Å². The minimum Gasteiger partial charge on any atom is -0.278 e. The van der Waals surface area contributed by atoms with E-state index in [1.54, 1.807) is 0 Å². The van der Waals surface area contributed by atoms with Crippen LogP contribution in [0.3, 0.4) is 0 Å². The molecule has 0 unspecified atom stereocenters. The summed E-state index contributed by atoms with van der Waals surface area (Å²) >= 11 is 1.85. The second-order valence-electron chi connectivity index (χ2n) is 16.1. The van der Waals surface area contributed by atoms with E-state index >= 15 is 0 Å². The third kappa shape index (κ3) is 4.10. The molecule has 0 atom stereocenters. The summed E-state index contributed by atoms with van der Waals surface area (Å²) in [4.78, 5) is 11.5. The number of hydrogen-bond acceptors (Lipinski definition) is 3. The van der Waals surface area contributed by atoms with Gasteiger partial charge in [0, 0.05) is 58.4 Å². The van der Waals surface area contributed by atoms with Gasteiger partial charge in [0.15, 0.2) is 0 Å². The Labute approximate surface area is 332 Å². The number of aromatic nitrogens is 3. The maximum atomic E-state index is 5.80. The van der Waals surface area contributed by atoms with Crippen LogP contribution in [0.4, 0.5) is 0 Å². The minimum absolute atomic E-state index is 0.305. The van der Waals surface area contributed by atoms with Crippen LogP contribution >= 0.6 is 11.3 Å². The fourth-order valence-electron chi connectivity index (χ4n) is 10.3. The molecule has 0 saturated carbocycles. The predicted octanol–water partition coefficient (Wildman–Crippen LogP) is 14.5. The zero-order valence-corrected chi connectivity index (χ0v) is 32.2. The summed E-state index contributed by atoms with van der Waals surface area (Å²) in [5.74, 6) is 0.688. The van der Waals surface area contributed by atoms with Crippen LogP contribution in [0.5, 0.6) is 0 Å². The van der Waals surface area contributed by atoms with Gasteiger partial charge in [-0.25, -0.2) is 9.97 Å². The Bertz CT molecular complexity index is 3700. The van der Waals surface area contributed by atoms with Crippen LogP contribution in [-0.4, -0.2) is 14.5 Å². The van der Waals surface area contributed by atoms with Crippen LogP contribution in [0, 0.1) is 0 Å². The van der Waals surface area contributed by atoms with Gasteiger partial charge in [0.25, 0.3) is 0 Å². The molecule has 0 fully saturated rings. The molecule has 3 aromatic heterocycles. The zero-order valence-electron chi connectivity index (χ0n) is 31.3. The Morgan fingerprint density at radius 3 is 1.81 bits per heavy atom. The van der Waals surface area contributed by atoms with E-state index in [2.05, 4.69) is 182 Å². The summed E-state index contributed by atoms with van der Waals surface area (Å²) in [5, 5.41) is 14.9. The fourth-order valence-corrected chi connectivity index (χ4v) is 11.4. The third-order valence-corrected chi connectivity index (χ3v) is 13.9. The summed E-state index contributed by atoms with van der Waals surface area (Å²) < 4.78 is 4.91. The van der Waals surface area contributed by atoms with Crippen molar-refractivity contribution >= 4 is 96.4 Å². The standard InChI is InChI=1S/C53H33N3S/c1-53(2)41-23-11-9-20-37(41)50-49(53)51(39-22-13-25-45-46(39)38-21-10-12-24-44(38)57-45)55-52(54-50)56-42-27-26-36-34-18-6-5-16-32(34)33-17-7-8-19-35(33)47(36)48(42)40-28-30-14-3-4-15-31(30)29-43(40)56/h3-29H,1-2H3. The number of fused-ring (bicyclic) bond motifs is 17. The number of nitrogens with zero attached hydrogens (tertiary/aromatic N) is 3. The van der Waals surface area contributed by atoms with Crippen molar-refractivity contribution < 1.29 is 0 Å². The molecule has 0 bridgehead atoms. The molecule has 1 aliphatic rings. The van der Waals surface area contributed by atoms with Gasteiger partial charge in [-0.1, -0.05) is 147 Å². The number of benzene rings is 9.